The van der Waals surface area contributed by atoms with E-state index in [1.54, 1.807) is 48.5 Å². The third-order valence-electron chi connectivity index (χ3n) is 3.15. The number of ketones is 2. The van der Waals surface area contributed by atoms with E-state index in [1.807, 2.05) is 12.1 Å². The molecule has 0 saturated heterocycles. The zero-order chi connectivity index (χ0) is 15.2. The van der Waals surface area contributed by atoms with E-state index in [1.165, 1.54) is 6.26 Å². The maximum atomic E-state index is 12.5. The van der Waals surface area contributed by atoms with Crippen molar-refractivity contribution in [2.75, 3.05) is 12.0 Å². The Bertz CT molecular complexity index is 599. The Kier molecular flexibility index (Phi) is 5.17. The lowest BCUT2D eigenvalue weighted by atomic mass is 9.91. The van der Waals surface area contributed by atoms with Crippen LogP contribution in [0.15, 0.2) is 60.7 Å². The van der Waals surface area contributed by atoms with E-state index in [4.69, 9.17) is 0 Å². The van der Waals surface area contributed by atoms with Crippen molar-refractivity contribution in [1.82, 2.24) is 0 Å². The van der Waals surface area contributed by atoms with Crippen LogP contribution in [-0.4, -0.2) is 27.8 Å². The zero-order valence-electron chi connectivity index (χ0n) is 11.7. The molecule has 2 aromatic carbocycles. The van der Waals surface area contributed by atoms with Crippen molar-refractivity contribution in [2.24, 2.45) is 5.92 Å². The Balaban J connectivity index is 2.33. The van der Waals surface area contributed by atoms with E-state index in [-0.39, 0.29) is 17.3 Å². The Morgan fingerprint density at radius 3 is 1.57 bits per heavy atom. The number of carbonyl (C=O) groups excluding carboxylic acids is 2. The lowest BCUT2D eigenvalue weighted by Gasteiger charge is -2.13. The molecule has 1 atom stereocenters. The van der Waals surface area contributed by atoms with Crippen molar-refractivity contribution in [3.63, 3.8) is 0 Å². The van der Waals surface area contributed by atoms with E-state index in [2.05, 4.69) is 0 Å². The summed E-state index contributed by atoms with van der Waals surface area (Å²) < 4.78 is 11.5. The first-order valence-electron chi connectivity index (χ1n) is 6.58. The molecule has 0 fully saturated rings. The number of rotatable bonds is 6. The van der Waals surface area contributed by atoms with Gasteiger partial charge in [-0.3, -0.25) is 13.8 Å². The summed E-state index contributed by atoms with van der Waals surface area (Å²) in [5, 5.41) is 0. The third kappa shape index (κ3) is 3.95. The van der Waals surface area contributed by atoms with Gasteiger partial charge in [-0.1, -0.05) is 60.7 Å². The number of Topliss-reactive ketones (excluding diaryl/α,β-unsaturated/α-hetero) is 2. The van der Waals surface area contributed by atoms with Crippen LogP contribution in [0, 0.1) is 5.92 Å². The van der Waals surface area contributed by atoms with Crippen LogP contribution in [0.25, 0.3) is 0 Å². The molecule has 2 rings (SSSR count). The molecule has 0 heterocycles. The van der Waals surface area contributed by atoms with E-state index >= 15 is 0 Å². The fourth-order valence-electron chi connectivity index (χ4n) is 2.11. The highest BCUT2D eigenvalue weighted by Crippen LogP contribution is 2.16. The van der Waals surface area contributed by atoms with Crippen molar-refractivity contribution in [3.8, 4) is 0 Å². The fourth-order valence-corrected chi connectivity index (χ4v) is 2.88. The van der Waals surface area contributed by atoms with Gasteiger partial charge in [0.2, 0.25) is 0 Å². The second kappa shape index (κ2) is 7.09. The average molecular weight is 300 g/mol. The Hall–Kier alpha value is -2.07. The first kappa shape index (κ1) is 15.3. The predicted molar refractivity (Wildman–Crippen MR) is 84.0 cm³/mol. The van der Waals surface area contributed by atoms with Crippen molar-refractivity contribution >= 4 is 22.4 Å². The van der Waals surface area contributed by atoms with Crippen LogP contribution >= 0.6 is 0 Å². The Morgan fingerprint density at radius 1 is 0.857 bits per heavy atom. The summed E-state index contributed by atoms with van der Waals surface area (Å²) in [4.78, 5) is 25.1. The summed E-state index contributed by atoms with van der Waals surface area (Å²) in [6, 6.07) is 17.3. The minimum Gasteiger partial charge on any atom is -0.293 e. The molecule has 0 spiro atoms. The predicted octanol–water partition coefficient (Wildman–Crippen LogP) is 2.75. The van der Waals surface area contributed by atoms with Gasteiger partial charge in [0.05, 0.1) is 5.92 Å². The first-order valence-corrected chi connectivity index (χ1v) is 8.31. The second-order valence-corrected chi connectivity index (χ2v) is 6.23. The standard InChI is InChI=1S/C17H16O3S/c1-21(20)12-15(16(18)13-8-4-2-5-9-13)17(19)14-10-6-3-7-11-14/h2-11,15H,12H2,1H3. The largest absolute Gasteiger partial charge is 0.293 e. The zero-order valence-corrected chi connectivity index (χ0v) is 12.5. The summed E-state index contributed by atoms with van der Waals surface area (Å²) in [5.74, 6) is -1.42. The number of hydrogen-bond donors (Lipinski definition) is 0. The van der Waals surface area contributed by atoms with E-state index < -0.39 is 16.7 Å². The topological polar surface area (TPSA) is 51.2 Å². The maximum Gasteiger partial charge on any atom is 0.174 e. The smallest absolute Gasteiger partial charge is 0.174 e. The van der Waals surface area contributed by atoms with Gasteiger partial charge in [0.1, 0.15) is 0 Å². The van der Waals surface area contributed by atoms with Gasteiger partial charge in [-0.15, -0.1) is 0 Å². The summed E-state index contributed by atoms with van der Waals surface area (Å²) in [6.07, 6.45) is 1.50. The molecular formula is C17H16O3S. The highest BCUT2D eigenvalue weighted by atomic mass is 32.2. The van der Waals surface area contributed by atoms with E-state index in [9.17, 15) is 13.8 Å². The van der Waals surface area contributed by atoms with Gasteiger partial charge in [-0.2, -0.15) is 0 Å². The van der Waals surface area contributed by atoms with Gasteiger partial charge in [0.25, 0.3) is 0 Å². The summed E-state index contributed by atoms with van der Waals surface area (Å²) in [5.41, 5.74) is 0.939. The lowest BCUT2D eigenvalue weighted by molar-refractivity contribution is 0.0823. The molecule has 0 radical (unpaired) electrons. The van der Waals surface area contributed by atoms with Crippen LogP contribution in [0.3, 0.4) is 0 Å². The van der Waals surface area contributed by atoms with Gasteiger partial charge >= 0.3 is 0 Å². The van der Waals surface area contributed by atoms with Crippen LogP contribution in [0.4, 0.5) is 0 Å². The molecule has 108 valence electrons. The Labute approximate surface area is 126 Å². The summed E-state index contributed by atoms with van der Waals surface area (Å²) in [7, 11) is -1.23. The van der Waals surface area contributed by atoms with E-state index in [0.29, 0.717) is 11.1 Å². The van der Waals surface area contributed by atoms with Gasteiger partial charge in [-0.05, 0) is 0 Å². The SMILES string of the molecule is CS(=O)CC(C(=O)c1ccccc1)C(=O)c1ccccc1. The number of hydrogen-bond acceptors (Lipinski definition) is 3. The quantitative estimate of drug-likeness (QED) is 0.609. The minimum absolute atomic E-state index is 0.0431. The van der Waals surface area contributed by atoms with Gasteiger partial charge in [0, 0.05) is 33.9 Å². The first-order chi connectivity index (χ1) is 10.1. The van der Waals surface area contributed by atoms with Gasteiger partial charge in [-0.25, -0.2) is 0 Å². The molecule has 0 N–H and O–H groups in total. The molecule has 0 aliphatic heterocycles. The average Bonchev–Trinajstić information content (AvgIpc) is 2.53. The molecular weight excluding hydrogens is 284 g/mol. The third-order valence-corrected chi connectivity index (χ3v) is 3.95. The molecule has 4 heteroatoms. The second-order valence-electron chi connectivity index (χ2n) is 4.75. The van der Waals surface area contributed by atoms with Gasteiger partial charge < -0.3 is 0 Å². The van der Waals surface area contributed by atoms with Crippen molar-refractivity contribution < 1.29 is 13.8 Å². The monoisotopic (exact) mass is 300 g/mol. The molecule has 0 aliphatic rings. The molecule has 2 aromatic rings. The van der Waals surface area contributed by atoms with Crippen molar-refractivity contribution in [1.29, 1.82) is 0 Å². The molecule has 1 unspecified atom stereocenters. The molecule has 0 amide bonds. The molecule has 0 saturated carbocycles. The van der Waals surface area contributed by atoms with Crippen LogP contribution in [-0.2, 0) is 10.8 Å². The molecule has 0 aliphatic carbocycles. The highest BCUT2D eigenvalue weighted by Gasteiger charge is 2.29. The van der Waals surface area contributed by atoms with Gasteiger partial charge in [0.15, 0.2) is 11.6 Å². The fraction of sp³-hybridized carbons (Fsp3) is 0.176. The molecule has 21 heavy (non-hydrogen) atoms. The van der Waals surface area contributed by atoms with Crippen LogP contribution in [0.2, 0.25) is 0 Å². The number of carbonyl (C=O) groups is 2. The minimum atomic E-state index is -1.23. The molecule has 0 aromatic heterocycles. The van der Waals surface area contributed by atoms with Crippen LogP contribution in [0.1, 0.15) is 20.7 Å². The highest BCUT2D eigenvalue weighted by molar-refractivity contribution is 7.84. The summed E-state index contributed by atoms with van der Waals surface area (Å²) >= 11 is 0. The molecule has 3 nitrogen and oxygen atoms in total. The van der Waals surface area contributed by atoms with E-state index in [0.717, 1.165) is 0 Å². The number of benzene rings is 2. The summed E-state index contributed by atoms with van der Waals surface area (Å²) in [6.45, 7) is 0. The molecule has 0 bridgehead atoms. The van der Waals surface area contributed by atoms with Crippen LogP contribution < -0.4 is 0 Å². The maximum absolute atomic E-state index is 12.5. The van der Waals surface area contributed by atoms with Crippen LogP contribution in [0.5, 0.6) is 0 Å². The van der Waals surface area contributed by atoms with Crippen molar-refractivity contribution in [2.45, 2.75) is 0 Å². The lowest BCUT2D eigenvalue weighted by Crippen LogP contribution is -2.29. The van der Waals surface area contributed by atoms with Crippen molar-refractivity contribution in [3.05, 3.63) is 71.8 Å². The normalized spacial score (nSPS) is 12.1. The Morgan fingerprint density at radius 2 is 1.24 bits per heavy atom.